The third-order valence-corrected chi connectivity index (χ3v) is 6.46. The highest BCUT2D eigenvalue weighted by Gasteiger charge is 2.68. The number of ketones is 1. The molecule has 0 saturated heterocycles. The van der Waals surface area contributed by atoms with Crippen LogP contribution >= 0.6 is 0 Å². The molecule has 1 aromatic carbocycles. The van der Waals surface area contributed by atoms with Gasteiger partial charge in [-0.3, -0.25) is 4.79 Å². The number of aromatic nitrogens is 1. The van der Waals surface area contributed by atoms with E-state index in [1.807, 2.05) is 42.0 Å². The summed E-state index contributed by atoms with van der Waals surface area (Å²) in [5.74, 6) is 0.279. The molecule has 24 heavy (non-hydrogen) atoms. The third-order valence-electron chi connectivity index (χ3n) is 6.46. The Morgan fingerprint density at radius 1 is 1.21 bits per heavy atom. The lowest BCUT2D eigenvalue weighted by Crippen LogP contribution is -2.08. The van der Waals surface area contributed by atoms with Gasteiger partial charge in [0.05, 0.1) is 0 Å². The first-order valence-corrected chi connectivity index (χ1v) is 8.98. The smallest absolute Gasteiger partial charge is 0.169 e. The fraction of sp³-hybridized carbons (Fsp3) is 0.571. The number of Topliss-reactive ketones (excluding diaryl/α,β-unsaturated/α-hetero) is 1. The molecule has 0 bridgehead atoms. The minimum Gasteiger partial charge on any atom is -0.347 e. The van der Waals surface area contributed by atoms with Crippen molar-refractivity contribution in [1.29, 1.82) is 0 Å². The summed E-state index contributed by atoms with van der Waals surface area (Å²) >= 11 is 0. The zero-order valence-corrected chi connectivity index (χ0v) is 15.4. The Labute approximate surface area is 144 Å². The molecule has 0 N–H and O–H groups in total. The molecule has 0 spiro atoms. The maximum Gasteiger partial charge on any atom is 0.169 e. The van der Waals surface area contributed by atoms with E-state index in [1.165, 1.54) is 0 Å². The van der Waals surface area contributed by atoms with Crippen molar-refractivity contribution in [2.75, 3.05) is 0 Å². The minimum atomic E-state index is -0.786. The van der Waals surface area contributed by atoms with Gasteiger partial charge in [0.1, 0.15) is 6.17 Å². The zero-order chi connectivity index (χ0) is 17.7. The molecule has 1 saturated carbocycles. The summed E-state index contributed by atoms with van der Waals surface area (Å²) in [5, 5.41) is 0.993. The van der Waals surface area contributed by atoms with Crippen molar-refractivity contribution in [3.05, 3.63) is 36.0 Å². The third kappa shape index (κ3) is 2.49. The van der Waals surface area contributed by atoms with E-state index in [4.69, 9.17) is 0 Å². The largest absolute Gasteiger partial charge is 0.347 e. The number of fused-ring (bicyclic) bond motifs is 1. The van der Waals surface area contributed by atoms with Gasteiger partial charge in [0.15, 0.2) is 5.78 Å². The highest BCUT2D eigenvalue weighted by molar-refractivity contribution is 6.11. The highest BCUT2D eigenvalue weighted by Crippen LogP contribution is 2.69. The second-order valence-corrected chi connectivity index (χ2v) is 8.29. The van der Waals surface area contributed by atoms with Gasteiger partial charge >= 0.3 is 0 Å². The quantitative estimate of drug-likeness (QED) is 0.628. The molecule has 1 fully saturated rings. The summed E-state index contributed by atoms with van der Waals surface area (Å²) in [6, 6.07) is 7.98. The summed E-state index contributed by atoms with van der Waals surface area (Å²) in [6.45, 7) is 11.2. The van der Waals surface area contributed by atoms with E-state index in [-0.39, 0.29) is 22.5 Å². The SMILES string of the molecule is CC[C@H](F)CCn1cc(C(=O)C2C(C)(C)C2(C)C)c2ccccc21. The van der Waals surface area contributed by atoms with Gasteiger partial charge in [-0.05, 0) is 29.7 Å². The topological polar surface area (TPSA) is 22.0 Å². The Kier molecular flexibility index (Phi) is 4.09. The van der Waals surface area contributed by atoms with Crippen LogP contribution in [0.4, 0.5) is 4.39 Å². The molecular weight excluding hydrogens is 301 g/mol. The number of carbonyl (C=O) groups is 1. The van der Waals surface area contributed by atoms with Crippen LogP contribution in [0.2, 0.25) is 0 Å². The van der Waals surface area contributed by atoms with Crippen LogP contribution in [-0.4, -0.2) is 16.5 Å². The van der Waals surface area contributed by atoms with Gasteiger partial charge in [-0.2, -0.15) is 0 Å². The van der Waals surface area contributed by atoms with Crippen LogP contribution in [0.15, 0.2) is 30.5 Å². The van der Waals surface area contributed by atoms with Crippen molar-refractivity contribution in [3.8, 4) is 0 Å². The molecule has 130 valence electrons. The zero-order valence-electron chi connectivity index (χ0n) is 15.4. The number of halogens is 1. The average Bonchev–Trinajstić information content (AvgIpc) is 2.84. The van der Waals surface area contributed by atoms with Gasteiger partial charge in [-0.25, -0.2) is 4.39 Å². The molecule has 2 aromatic rings. The number of alkyl halides is 1. The second-order valence-electron chi connectivity index (χ2n) is 8.29. The van der Waals surface area contributed by atoms with E-state index in [2.05, 4.69) is 27.7 Å². The van der Waals surface area contributed by atoms with Crippen LogP contribution < -0.4 is 0 Å². The molecular formula is C21H28FNO. The van der Waals surface area contributed by atoms with Crippen molar-refractivity contribution in [2.24, 2.45) is 16.7 Å². The molecule has 1 aliphatic carbocycles. The Balaban J connectivity index is 1.96. The Hall–Kier alpha value is -1.64. The fourth-order valence-corrected chi connectivity index (χ4v) is 4.12. The van der Waals surface area contributed by atoms with E-state index in [9.17, 15) is 9.18 Å². The molecule has 0 amide bonds. The number of hydrogen-bond acceptors (Lipinski definition) is 1. The number of rotatable bonds is 6. The highest BCUT2D eigenvalue weighted by atomic mass is 19.1. The average molecular weight is 329 g/mol. The van der Waals surface area contributed by atoms with E-state index in [1.54, 1.807) is 0 Å². The predicted molar refractivity (Wildman–Crippen MR) is 97.1 cm³/mol. The van der Waals surface area contributed by atoms with Gasteiger partial charge in [0.25, 0.3) is 0 Å². The molecule has 1 aromatic heterocycles. The number of carbonyl (C=O) groups excluding carboxylic acids is 1. The molecule has 0 unspecified atom stereocenters. The van der Waals surface area contributed by atoms with E-state index >= 15 is 0 Å². The van der Waals surface area contributed by atoms with Crippen molar-refractivity contribution in [2.45, 2.75) is 60.2 Å². The molecule has 1 heterocycles. The summed E-state index contributed by atoms with van der Waals surface area (Å²) in [7, 11) is 0. The Morgan fingerprint density at radius 3 is 2.42 bits per heavy atom. The second kappa shape index (κ2) is 5.72. The maximum absolute atomic E-state index is 13.6. The lowest BCUT2D eigenvalue weighted by atomic mass is 10.0. The summed E-state index contributed by atoms with van der Waals surface area (Å²) in [5.41, 5.74) is 1.88. The maximum atomic E-state index is 13.6. The van der Waals surface area contributed by atoms with Crippen LogP contribution in [-0.2, 0) is 6.54 Å². The van der Waals surface area contributed by atoms with Crippen LogP contribution in [0.5, 0.6) is 0 Å². The Bertz CT molecular complexity index is 757. The summed E-state index contributed by atoms with van der Waals surface area (Å²) < 4.78 is 15.7. The van der Waals surface area contributed by atoms with Crippen molar-refractivity contribution in [3.63, 3.8) is 0 Å². The van der Waals surface area contributed by atoms with Crippen molar-refractivity contribution >= 4 is 16.7 Å². The number of hydrogen-bond donors (Lipinski definition) is 0. The molecule has 1 atom stereocenters. The van der Waals surface area contributed by atoms with E-state index in [0.717, 1.165) is 16.5 Å². The minimum absolute atomic E-state index is 0.0273. The monoisotopic (exact) mass is 329 g/mol. The lowest BCUT2D eigenvalue weighted by molar-refractivity contribution is 0.0946. The van der Waals surface area contributed by atoms with Gasteiger partial charge in [0, 0.05) is 35.1 Å². The predicted octanol–water partition coefficient (Wildman–Crippen LogP) is 5.64. The molecule has 3 heteroatoms. The number of benzene rings is 1. The van der Waals surface area contributed by atoms with E-state index < -0.39 is 6.17 Å². The van der Waals surface area contributed by atoms with Crippen LogP contribution in [0.1, 0.15) is 57.8 Å². The summed E-state index contributed by atoms with van der Waals surface area (Å²) in [6.07, 6.45) is 2.19. The first kappa shape index (κ1) is 17.2. The van der Waals surface area contributed by atoms with Gasteiger partial charge in [0.2, 0.25) is 0 Å². The Morgan fingerprint density at radius 2 is 1.83 bits per heavy atom. The first-order chi connectivity index (χ1) is 11.2. The number of aryl methyl sites for hydroxylation is 1. The molecule has 2 nitrogen and oxygen atoms in total. The van der Waals surface area contributed by atoms with Crippen LogP contribution in [0.25, 0.3) is 10.9 Å². The molecule has 0 radical (unpaired) electrons. The van der Waals surface area contributed by atoms with Crippen LogP contribution in [0, 0.1) is 16.7 Å². The first-order valence-electron chi connectivity index (χ1n) is 8.98. The molecule has 0 aliphatic heterocycles. The molecule has 1 aliphatic rings. The van der Waals surface area contributed by atoms with Crippen molar-refractivity contribution < 1.29 is 9.18 Å². The number of nitrogens with zero attached hydrogens (tertiary/aromatic N) is 1. The standard InChI is InChI=1S/C21H28FNO/c1-6-14(22)11-12-23-13-16(15-9-7-8-10-17(15)23)18(24)19-20(2,3)21(19,4)5/h7-10,13-14,19H,6,11-12H2,1-5H3/t14-/m0/s1. The van der Waals surface area contributed by atoms with Crippen LogP contribution in [0.3, 0.4) is 0 Å². The fourth-order valence-electron chi connectivity index (χ4n) is 4.12. The van der Waals surface area contributed by atoms with Gasteiger partial charge in [-0.1, -0.05) is 52.8 Å². The lowest BCUT2D eigenvalue weighted by Gasteiger charge is -2.07. The van der Waals surface area contributed by atoms with Crippen molar-refractivity contribution in [1.82, 2.24) is 4.57 Å². The number of para-hydroxylation sites is 1. The van der Waals surface area contributed by atoms with Gasteiger partial charge in [-0.15, -0.1) is 0 Å². The molecule has 3 rings (SSSR count). The normalized spacial score (nSPS) is 20.2. The van der Waals surface area contributed by atoms with E-state index in [0.29, 0.717) is 19.4 Å². The van der Waals surface area contributed by atoms with Gasteiger partial charge < -0.3 is 4.57 Å². The summed E-state index contributed by atoms with van der Waals surface area (Å²) in [4.78, 5) is 13.2.